The number of rotatable bonds is 3. The minimum atomic E-state index is 0.400. The summed E-state index contributed by atoms with van der Waals surface area (Å²) in [6.45, 7) is 1.89. The molecule has 0 aliphatic heterocycles. The normalized spacial score (nSPS) is 21.7. The first kappa shape index (κ1) is 12.9. The number of fused-ring (bicyclic) bond motifs is 1. The van der Waals surface area contributed by atoms with Crippen LogP contribution in [0, 0.1) is 17.8 Å². The number of nitrogens with two attached hydrogens (primary N) is 1. The molecule has 0 aromatic carbocycles. The predicted molar refractivity (Wildman–Crippen MR) is 77.6 cm³/mol. The van der Waals surface area contributed by atoms with Gasteiger partial charge < -0.3 is 5.43 Å². The number of aromatic nitrogens is 4. The van der Waals surface area contributed by atoms with Gasteiger partial charge in [0.2, 0.25) is 0 Å². The zero-order valence-electron chi connectivity index (χ0n) is 11.5. The Kier molecular flexibility index (Phi) is 3.52. The molecule has 0 bridgehead atoms. The SMILES string of the molecule is CC#CCC1CCC(n2ncc3c(NN)ncnc32)C1. The molecule has 2 atom stereocenters. The number of nitrogens with one attached hydrogen (secondary N) is 1. The molecule has 6 heteroatoms. The van der Waals surface area contributed by atoms with E-state index in [-0.39, 0.29) is 0 Å². The van der Waals surface area contributed by atoms with Crippen LogP contribution in [0.5, 0.6) is 0 Å². The second-order valence-corrected chi connectivity index (χ2v) is 5.16. The Morgan fingerprint density at radius 2 is 2.35 bits per heavy atom. The van der Waals surface area contributed by atoms with E-state index in [1.54, 1.807) is 6.20 Å². The molecular weight excluding hydrogens is 252 g/mol. The molecular formula is C14H18N6. The van der Waals surface area contributed by atoms with Gasteiger partial charge >= 0.3 is 0 Å². The molecule has 2 heterocycles. The minimum absolute atomic E-state index is 0.400. The van der Waals surface area contributed by atoms with E-state index in [9.17, 15) is 0 Å². The van der Waals surface area contributed by atoms with Gasteiger partial charge in [0.15, 0.2) is 11.5 Å². The van der Waals surface area contributed by atoms with Crippen LogP contribution in [0.3, 0.4) is 0 Å². The molecule has 3 N–H and O–H groups in total. The third-order valence-electron chi connectivity index (χ3n) is 3.95. The molecule has 1 aliphatic rings. The molecule has 3 rings (SSSR count). The number of anilines is 1. The van der Waals surface area contributed by atoms with E-state index in [4.69, 9.17) is 5.84 Å². The molecule has 6 nitrogen and oxygen atoms in total. The number of hydrogen-bond acceptors (Lipinski definition) is 5. The van der Waals surface area contributed by atoms with Crippen molar-refractivity contribution in [2.45, 2.75) is 38.6 Å². The van der Waals surface area contributed by atoms with Crippen molar-refractivity contribution in [3.8, 4) is 11.8 Å². The van der Waals surface area contributed by atoms with E-state index in [1.807, 2.05) is 11.6 Å². The maximum Gasteiger partial charge on any atom is 0.163 e. The summed E-state index contributed by atoms with van der Waals surface area (Å²) in [6.07, 6.45) is 7.72. The smallest absolute Gasteiger partial charge is 0.163 e. The summed E-state index contributed by atoms with van der Waals surface area (Å²) in [5.41, 5.74) is 3.44. The van der Waals surface area contributed by atoms with Crippen molar-refractivity contribution >= 4 is 16.9 Å². The van der Waals surface area contributed by atoms with Crippen LogP contribution in [-0.2, 0) is 0 Å². The van der Waals surface area contributed by atoms with Gasteiger partial charge in [0.1, 0.15) is 6.33 Å². The van der Waals surface area contributed by atoms with Crippen molar-refractivity contribution in [2.75, 3.05) is 5.43 Å². The zero-order valence-corrected chi connectivity index (χ0v) is 11.5. The third kappa shape index (κ3) is 2.21. The fraction of sp³-hybridized carbons (Fsp3) is 0.500. The number of nitrogen functional groups attached to an aromatic ring is 1. The van der Waals surface area contributed by atoms with Gasteiger partial charge in [-0.1, -0.05) is 0 Å². The monoisotopic (exact) mass is 270 g/mol. The first-order chi connectivity index (χ1) is 9.83. The molecule has 104 valence electrons. The van der Waals surface area contributed by atoms with Crippen LogP contribution in [0.1, 0.15) is 38.6 Å². The van der Waals surface area contributed by atoms with Crippen molar-refractivity contribution < 1.29 is 0 Å². The summed E-state index contributed by atoms with van der Waals surface area (Å²) >= 11 is 0. The van der Waals surface area contributed by atoms with Crippen LogP contribution in [0.2, 0.25) is 0 Å². The van der Waals surface area contributed by atoms with Crippen molar-refractivity contribution in [1.82, 2.24) is 19.7 Å². The highest BCUT2D eigenvalue weighted by molar-refractivity contribution is 5.85. The molecule has 1 saturated carbocycles. The summed E-state index contributed by atoms with van der Waals surface area (Å²) < 4.78 is 2.01. The Labute approximate surface area is 117 Å². The van der Waals surface area contributed by atoms with Crippen LogP contribution < -0.4 is 11.3 Å². The highest BCUT2D eigenvalue weighted by Gasteiger charge is 2.27. The van der Waals surface area contributed by atoms with Crippen molar-refractivity contribution in [1.29, 1.82) is 0 Å². The summed E-state index contributed by atoms with van der Waals surface area (Å²) in [7, 11) is 0. The van der Waals surface area contributed by atoms with Crippen LogP contribution >= 0.6 is 0 Å². The maximum atomic E-state index is 5.46. The molecule has 0 amide bonds. The lowest BCUT2D eigenvalue weighted by atomic mass is 10.0. The van der Waals surface area contributed by atoms with Gasteiger partial charge in [0.25, 0.3) is 0 Å². The standard InChI is InChI=1S/C14H18N6/c1-2-3-4-10-5-6-11(7-10)20-14-12(8-18-20)13(19-15)16-9-17-14/h8-11H,4-7,15H2,1H3,(H,16,17,19). The topological polar surface area (TPSA) is 81.7 Å². The highest BCUT2D eigenvalue weighted by atomic mass is 15.3. The van der Waals surface area contributed by atoms with Crippen LogP contribution in [0.25, 0.3) is 11.0 Å². The summed E-state index contributed by atoms with van der Waals surface area (Å²) in [4.78, 5) is 8.45. The van der Waals surface area contributed by atoms with Gasteiger partial charge in [-0.2, -0.15) is 5.10 Å². The molecule has 1 fully saturated rings. The predicted octanol–water partition coefficient (Wildman–Crippen LogP) is 1.87. The zero-order chi connectivity index (χ0) is 13.9. The summed E-state index contributed by atoms with van der Waals surface area (Å²) in [5.74, 6) is 12.9. The van der Waals surface area contributed by atoms with E-state index >= 15 is 0 Å². The second kappa shape index (κ2) is 5.47. The van der Waals surface area contributed by atoms with E-state index in [0.29, 0.717) is 17.8 Å². The van der Waals surface area contributed by atoms with Crippen LogP contribution in [-0.4, -0.2) is 19.7 Å². The van der Waals surface area contributed by atoms with Gasteiger partial charge in [-0.25, -0.2) is 20.5 Å². The number of hydrogen-bond donors (Lipinski definition) is 2. The molecule has 0 radical (unpaired) electrons. The molecule has 0 spiro atoms. The van der Waals surface area contributed by atoms with Gasteiger partial charge in [-0.05, 0) is 32.1 Å². The van der Waals surface area contributed by atoms with Crippen molar-refractivity contribution in [2.24, 2.45) is 11.8 Å². The largest absolute Gasteiger partial charge is 0.308 e. The molecule has 2 unspecified atom stereocenters. The lowest BCUT2D eigenvalue weighted by molar-refractivity contribution is 0.452. The molecule has 2 aromatic heterocycles. The maximum absolute atomic E-state index is 5.46. The average Bonchev–Trinajstić information content (AvgIpc) is 3.10. The fourth-order valence-corrected chi connectivity index (χ4v) is 2.95. The Hall–Kier alpha value is -2.13. The van der Waals surface area contributed by atoms with Crippen LogP contribution in [0.4, 0.5) is 5.82 Å². The lowest BCUT2D eigenvalue weighted by Crippen LogP contribution is -2.10. The van der Waals surface area contributed by atoms with E-state index < -0.39 is 0 Å². The first-order valence-electron chi connectivity index (χ1n) is 6.88. The Balaban J connectivity index is 1.86. The van der Waals surface area contributed by atoms with E-state index in [0.717, 1.165) is 30.3 Å². The summed E-state index contributed by atoms with van der Waals surface area (Å²) in [5, 5.41) is 5.35. The Morgan fingerprint density at radius 3 is 3.15 bits per heavy atom. The highest BCUT2D eigenvalue weighted by Crippen LogP contribution is 2.37. The molecule has 1 aliphatic carbocycles. The van der Waals surface area contributed by atoms with Gasteiger partial charge in [0.05, 0.1) is 17.6 Å². The average molecular weight is 270 g/mol. The molecule has 2 aromatic rings. The quantitative estimate of drug-likeness (QED) is 0.505. The van der Waals surface area contributed by atoms with Gasteiger partial charge in [-0.3, -0.25) is 0 Å². The van der Waals surface area contributed by atoms with Crippen molar-refractivity contribution in [3.05, 3.63) is 12.5 Å². The van der Waals surface area contributed by atoms with Gasteiger partial charge in [-0.15, -0.1) is 11.8 Å². The van der Waals surface area contributed by atoms with Crippen molar-refractivity contribution in [3.63, 3.8) is 0 Å². The lowest BCUT2D eigenvalue weighted by Gasteiger charge is -2.11. The Bertz CT molecular complexity index is 665. The second-order valence-electron chi connectivity index (χ2n) is 5.16. The first-order valence-corrected chi connectivity index (χ1v) is 6.88. The fourth-order valence-electron chi connectivity index (χ4n) is 2.95. The van der Waals surface area contributed by atoms with E-state index in [2.05, 4.69) is 32.3 Å². The van der Waals surface area contributed by atoms with Gasteiger partial charge in [0, 0.05) is 6.42 Å². The Morgan fingerprint density at radius 1 is 1.45 bits per heavy atom. The van der Waals surface area contributed by atoms with Crippen LogP contribution in [0.15, 0.2) is 12.5 Å². The number of nitrogens with zero attached hydrogens (tertiary/aromatic N) is 4. The minimum Gasteiger partial charge on any atom is -0.308 e. The van der Waals surface area contributed by atoms with E-state index in [1.165, 1.54) is 12.7 Å². The molecule has 20 heavy (non-hydrogen) atoms. The number of hydrazine groups is 1. The molecule has 0 saturated heterocycles. The third-order valence-corrected chi connectivity index (χ3v) is 3.95. The summed E-state index contributed by atoms with van der Waals surface area (Å²) in [6, 6.07) is 0.400.